The van der Waals surface area contributed by atoms with Crippen LogP contribution in [-0.4, -0.2) is 29.1 Å². The van der Waals surface area contributed by atoms with Gasteiger partial charge in [0.15, 0.2) is 6.61 Å². The van der Waals surface area contributed by atoms with E-state index in [0.29, 0.717) is 12.3 Å². The van der Waals surface area contributed by atoms with Crippen LogP contribution < -0.4 is 15.4 Å². The number of hydrogen-bond donors (Lipinski definition) is 2. The summed E-state index contributed by atoms with van der Waals surface area (Å²) in [4.78, 5) is 15.9. The summed E-state index contributed by atoms with van der Waals surface area (Å²) >= 11 is 0. The molecule has 0 bridgehead atoms. The molecule has 0 spiro atoms. The number of amides is 1. The Labute approximate surface area is 127 Å². The number of pyridine rings is 1. The second-order valence-electron chi connectivity index (χ2n) is 6.25. The van der Waals surface area contributed by atoms with Gasteiger partial charge in [-0.2, -0.15) is 0 Å². The van der Waals surface area contributed by atoms with Crippen molar-refractivity contribution in [2.24, 2.45) is 0 Å². The zero-order valence-corrected chi connectivity index (χ0v) is 13.7. The van der Waals surface area contributed by atoms with Crippen LogP contribution >= 0.6 is 0 Å². The lowest BCUT2D eigenvalue weighted by atomic mass is 10.1. The highest BCUT2D eigenvalue weighted by Crippen LogP contribution is 2.10. The number of hydrogen-bond acceptors (Lipinski definition) is 4. The Balaban J connectivity index is 2.39. The average molecular weight is 293 g/mol. The van der Waals surface area contributed by atoms with Crippen molar-refractivity contribution in [1.82, 2.24) is 15.6 Å². The van der Waals surface area contributed by atoms with Crippen LogP contribution in [0.1, 0.15) is 46.7 Å². The predicted molar refractivity (Wildman–Crippen MR) is 84.2 cm³/mol. The summed E-state index contributed by atoms with van der Waals surface area (Å²) in [5, 5.41) is 6.22. The molecule has 0 saturated heterocycles. The lowest BCUT2D eigenvalue weighted by Crippen LogP contribution is -2.35. The van der Waals surface area contributed by atoms with Crippen LogP contribution in [0.15, 0.2) is 18.3 Å². The summed E-state index contributed by atoms with van der Waals surface area (Å²) in [6, 6.07) is 3.91. The lowest BCUT2D eigenvalue weighted by Gasteiger charge is -2.20. The third-order valence-electron chi connectivity index (χ3n) is 2.99. The predicted octanol–water partition coefficient (Wildman–Crippen LogP) is 2.26. The second-order valence-corrected chi connectivity index (χ2v) is 6.25. The molecule has 0 aliphatic heterocycles. The summed E-state index contributed by atoms with van der Waals surface area (Å²) < 4.78 is 5.42. The first-order valence-electron chi connectivity index (χ1n) is 7.42. The lowest BCUT2D eigenvalue weighted by molar-refractivity contribution is -0.123. The van der Waals surface area contributed by atoms with Crippen LogP contribution in [0.25, 0.3) is 0 Å². The standard InChI is InChI=1S/C16H27N3O2/c1-6-12(2)19-15(20)11-21-14-8-7-13(17-10-14)9-18-16(3,4)5/h7-8,10,12,18H,6,9,11H2,1-5H3,(H,19,20). The largest absolute Gasteiger partial charge is 0.482 e. The van der Waals surface area contributed by atoms with Gasteiger partial charge in [-0.1, -0.05) is 6.92 Å². The molecule has 2 N–H and O–H groups in total. The number of rotatable bonds is 7. The summed E-state index contributed by atoms with van der Waals surface area (Å²) in [7, 11) is 0. The molecule has 1 amide bonds. The van der Waals surface area contributed by atoms with Gasteiger partial charge >= 0.3 is 0 Å². The van der Waals surface area contributed by atoms with Crippen molar-refractivity contribution < 1.29 is 9.53 Å². The molecule has 1 atom stereocenters. The van der Waals surface area contributed by atoms with Gasteiger partial charge in [0, 0.05) is 18.1 Å². The maximum atomic E-state index is 11.6. The van der Waals surface area contributed by atoms with Gasteiger partial charge in [0.2, 0.25) is 0 Å². The number of nitrogens with one attached hydrogen (secondary N) is 2. The Morgan fingerprint density at radius 3 is 2.62 bits per heavy atom. The Hall–Kier alpha value is -1.62. The minimum Gasteiger partial charge on any atom is -0.482 e. The molecule has 21 heavy (non-hydrogen) atoms. The summed E-state index contributed by atoms with van der Waals surface area (Å²) in [6.07, 6.45) is 2.55. The third-order valence-corrected chi connectivity index (χ3v) is 2.99. The normalized spacial score (nSPS) is 12.8. The quantitative estimate of drug-likeness (QED) is 0.809. The Morgan fingerprint density at radius 1 is 1.38 bits per heavy atom. The van der Waals surface area contributed by atoms with Crippen LogP contribution in [0.2, 0.25) is 0 Å². The topological polar surface area (TPSA) is 63.2 Å². The van der Waals surface area contributed by atoms with Gasteiger partial charge < -0.3 is 15.4 Å². The molecule has 0 aliphatic carbocycles. The first-order valence-corrected chi connectivity index (χ1v) is 7.42. The van der Waals surface area contributed by atoms with Gasteiger partial charge in [0.25, 0.3) is 5.91 Å². The van der Waals surface area contributed by atoms with Crippen LogP contribution in [0, 0.1) is 0 Å². The van der Waals surface area contributed by atoms with Crippen molar-refractivity contribution in [2.45, 2.75) is 59.2 Å². The molecule has 0 saturated carbocycles. The molecule has 1 aromatic heterocycles. The monoisotopic (exact) mass is 293 g/mol. The molecule has 0 aromatic carbocycles. The summed E-state index contributed by atoms with van der Waals surface area (Å²) in [5.74, 6) is 0.497. The van der Waals surface area contributed by atoms with E-state index in [0.717, 1.165) is 12.1 Å². The van der Waals surface area contributed by atoms with Crippen LogP contribution in [0.4, 0.5) is 0 Å². The SMILES string of the molecule is CCC(C)NC(=O)COc1ccc(CNC(C)(C)C)nc1. The van der Waals surface area contributed by atoms with E-state index in [-0.39, 0.29) is 24.1 Å². The molecule has 0 fully saturated rings. The molecule has 1 heterocycles. The molecule has 5 heteroatoms. The fourth-order valence-electron chi connectivity index (χ4n) is 1.52. The van der Waals surface area contributed by atoms with Crippen molar-refractivity contribution in [3.05, 3.63) is 24.0 Å². The van der Waals surface area contributed by atoms with Crippen molar-refractivity contribution in [3.63, 3.8) is 0 Å². The summed E-state index contributed by atoms with van der Waals surface area (Å²) in [6.45, 7) is 11.1. The van der Waals surface area contributed by atoms with E-state index in [2.05, 4.69) is 36.4 Å². The maximum Gasteiger partial charge on any atom is 0.258 e. The molecule has 0 radical (unpaired) electrons. The number of carbonyl (C=O) groups is 1. The van der Waals surface area contributed by atoms with Crippen LogP contribution in [-0.2, 0) is 11.3 Å². The van der Waals surface area contributed by atoms with Gasteiger partial charge in [-0.3, -0.25) is 9.78 Å². The highest BCUT2D eigenvalue weighted by molar-refractivity contribution is 5.77. The molecule has 1 aromatic rings. The number of ether oxygens (including phenoxy) is 1. The molecular formula is C16H27N3O2. The van der Waals surface area contributed by atoms with E-state index < -0.39 is 0 Å². The van der Waals surface area contributed by atoms with E-state index in [1.165, 1.54) is 0 Å². The second kappa shape index (κ2) is 7.98. The zero-order chi connectivity index (χ0) is 15.9. The highest BCUT2D eigenvalue weighted by Gasteiger charge is 2.09. The van der Waals surface area contributed by atoms with Gasteiger partial charge in [-0.15, -0.1) is 0 Å². The van der Waals surface area contributed by atoms with Gasteiger partial charge in [-0.25, -0.2) is 0 Å². The van der Waals surface area contributed by atoms with Crippen molar-refractivity contribution in [2.75, 3.05) is 6.61 Å². The fraction of sp³-hybridized carbons (Fsp3) is 0.625. The molecule has 5 nitrogen and oxygen atoms in total. The highest BCUT2D eigenvalue weighted by atomic mass is 16.5. The van der Waals surface area contributed by atoms with Gasteiger partial charge in [0.1, 0.15) is 5.75 Å². The summed E-state index contributed by atoms with van der Waals surface area (Å²) in [5.41, 5.74) is 1.01. The van der Waals surface area contributed by atoms with Crippen LogP contribution in [0.3, 0.4) is 0 Å². The minimum absolute atomic E-state index is 0.0195. The Morgan fingerprint density at radius 2 is 2.10 bits per heavy atom. The average Bonchev–Trinajstić information content (AvgIpc) is 2.43. The third kappa shape index (κ3) is 7.66. The molecule has 118 valence electrons. The van der Waals surface area contributed by atoms with E-state index >= 15 is 0 Å². The smallest absolute Gasteiger partial charge is 0.258 e. The fourth-order valence-corrected chi connectivity index (χ4v) is 1.52. The van der Waals surface area contributed by atoms with E-state index in [9.17, 15) is 4.79 Å². The van der Waals surface area contributed by atoms with E-state index in [1.54, 1.807) is 6.20 Å². The van der Waals surface area contributed by atoms with E-state index in [1.807, 2.05) is 26.0 Å². The molecule has 1 unspecified atom stereocenters. The molecular weight excluding hydrogens is 266 g/mol. The maximum absolute atomic E-state index is 11.6. The van der Waals surface area contributed by atoms with Crippen molar-refractivity contribution in [1.29, 1.82) is 0 Å². The molecule has 0 aliphatic rings. The Kier molecular flexibility index (Phi) is 6.62. The van der Waals surface area contributed by atoms with Gasteiger partial charge in [0.05, 0.1) is 11.9 Å². The van der Waals surface area contributed by atoms with E-state index in [4.69, 9.17) is 4.74 Å². The zero-order valence-electron chi connectivity index (χ0n) is 13.7. The number of carbonyl (C=O) groups excluding carboxylic acids is 1. The minimum atomic E-state index is -0.108. The van der Waals surface area contributed by atoms with Gasteiger partial charge in [-0.05, 0) is 46.2 Å². The first-order chi connectivity index (χ1) is 9.80. The first kappa shape index (κ1) is 17.4. The number of nitrogens with zero attached hydrogens (tertiary/aromatic N) is 1. The van der Waals surface area contributed by atoms with Crippen molar-refractivity contribution in [3.8, 4) is 5.75 Å². The van der Waals surface area contributed by atoms with Crippen molar-refractivity contribution >= 4 is 5.91 Å². The Bertz CT molecular complexity index is 438. The molecule has 1 rings (SSSR count). The number of aromatic nitrogens is 1. The van der Waals surface area contributed by atoms with Crippen LogP contribution in [0.5, 0.6) is 5.75 Å².